The van der Waals surface area contributed by atoms with E-state index in [1.165, 1.54) is 6.20 Å². The van der Waals surface area contributed by atoms with E-state index in [2.05, 4.69) is 10.4 Å². The molecule has 1 aromatic rings. The van der Waals surface area contributed by atoms with Crippen LogP contribution in [0, 0.1) is 11.8 Å². The molecule has 0 spiro atoms. The maximum absolute atomic E-state index is 12.2. The molecule has 8 heteroatoms. The Morgan fingerprint density at radius 2 is 2.14 bits per heavy atom. The first-order valence-corrected chi connectivity index (χ1v) is 7.28. The number of aliphatic carboxylic acids is 1. The zero-order chi connectivity index (χ0) is 15.0. The quantitative estimate of drug-likeness (QED) is 0.827. The molecule has 0 unspecified atom stereocenters. The molecule has 4 atom stereocenters. The lowest BCUT2D eigenvalue weighted by molar-refractivity contribution is -0.147. The lowest BCUT2D eigenvalue weighted by Gasteiger charge is -2.23. The number of carbonyl (C=O) groups excluding carboxylic acids is 1. The first-order valence-electron chi connectivity index (χ1n) is 6.90. The minimum atomic E-state index is -0.957. The van der Waals surface area contributed by atoms with Crippen LogP contribution in [0.2, 0.25) is 5.02 Å². The van der Waals surface area contributed by atoms with E-state index in [-0.39, 0.29) is 18.1 Å². The zero-order valence-corrected chi connectivity index (χ0v) is 12.0. The molecular weight excluding hydrogens is 298 g/mol. The average Bonchev–Trinajstić information content (AvgIpc) is 3.13. The lowest BCUT2D eigenvalue weighted by Crippen LogP contribution is -2.44. The molecule has 2 N–H and O–H groups in total. The van der Waals surface area contributed by atoms with Crippen molar-refractivity contribution in [3.05, 3.63) is 17.4 Å². The van der Waals surface area contributed by atoms with E-state index < -0.39 is 17.8 Å². The number of aromatic nitrogens is 2. The Bertz CT molecular complexity index is 561. The fourth-order valence-corrected chi connectivity index (χ4v) is 3.35. The summed E-state index contributed by atoms with van der Waals surface area (Å²) in [5, 5.41) is 16.6. The van der Waals surface area contributed by atoms with Crippen molar-refractivity contribution in [3.8, 4) is 0 Å². The van der Waals surface area contributed by atoms with E-state index in [9.17, 15) is 14.7 Å². The molecule has 2 aliphatic heterocycles. The first-order chi connectivity index (χ1) is 10.1. The van der Waals surface area contributed by atoms with Crippen molar-refractivity contribution in [2.24, 2.45) is 11.8 Å². The van der Waals surface area contributed by atoms with Gasteiger partial charge in [0, 0.05) is 12.7 Å². The summed E-state index contributed by atoms with van der Waals surface area (Å²) in [7, 11) is 0. The Balaban J connectivity index is 1.56. The molecule has 2 aliphatic rings. The van der Waals surface area contributed by atoms with Crippen molar-refractivity contribution in [2.45, 2.75) is 31.6 Å². The Labute approximate surface area is 126 Å². The Morgan fingerprint density at radius 1 is 1.43 bits per heavy atom. The van der Waals surface area contributed by atoms with Crippen LogP contribution >= 0.6 is 11.6 Å². The third kappa shape index (κ3) is 2.75. The van der Waals surface area contributed by atoms with Crippen LogP contribution in [-0.4, -0.2) is 45.5 Å². The summed E-state index contributed by atoms with van der Waals surface area (Å²) in [6, 6.07) is 0. The number of rotatable bonds is 5. The van der Waals surface area contributed by atoms with Gasteiger partial charge >= 0.3 is 5.97 Å². The fourth-order valence-electron chi connectivity index (χ4n) is 3.20. The predicted molar refractivity (Wildman–Crippen MR) is 72.8 cm³/mol. The van der Waals surface area contributed by atoms with E-state index >= 15 is 0 Å². The van der Waals surface area contributed by atoms with Crippen LogP contribution in [0.15, 0.2) is 12.4 Å². The largest absolute Gasteiger partial charge is 0.481 e. The van der Waals surface area contributed by atoms with Crippen LogP contribution in [0.4, 0.5) is 0 Å². The van der Waals surface area contributed by atoms with Gasteiger partial charge in [-0.2, -0.15) is 5.10 Å². The van der Waals surface area contributed by atoms with Crippen LogP contribution in [0.25, 0.3) is 0 Å². The Hall–Kier alpha value is -1.60. The topological polar surface area (TPSA) is 93.4 Å². The number of carbonyl (C=O) groups is 2. The van der Waals surface area contributed by atoms with Gasteiger partial charge in [0.2, 0.25) is 5.91 Å². The van der Waals surface area contributed by atoms with Gasteiger partial charge in [-0.25, -0.2) is 0 Å². The summed E-state index contributed by atoms with van der Waals surface area (Å²) in [5.41, 5.74) is 0. The molecule has 1 amide bonds. The number of nitrogens with one attached hydrogen (secondary N) is 1. The zero-order valence-electron chi connectivity index (χ0n) is 11.2. The molecule has 0 saturated carbocycles. The van der Waals surface area contributed by atoms with Crippen molar-refractivity contribution >= 4 is 23.5 Å². The van der Waals surface area contributed by atoms with E-state index in [0.29, 0.717) is 18.1 Å². The van der Waals surface area contributed by atoms with Crippen molar-refractivity contribution in [3.63, 3.8) is 0 Å². The van der Waals surface area contributed by atoms with Gasteiger partial charge in [-0.05, 0) is 12.8 Å². The molecule has 21 heavy (non-hydrogen) atoms. The minimum Gasteiger partial charge on any atom is -0.481 e. The Kier molecular flexibility index (Phi) is 3.86. The third-order valence-corrected chi connectivity index (χ3v) is 4.30. The number of carboxylic acid groups (broad SMARTS) is 1. The molecule has 7 nitrogen and oxygen atoms in total. The number of ether oxygens (including phenoxy) is 1. The molecule has 114 valence electrons. The molecule has 3 rings (SSSR count). The van der Waals surface area contributed by atoms with Crippen LogP contribution in [0.1, 0.15) is 12.8 Å². The van der Waals surface area contributed by atoms with Gasteiger partial charge in [0.05, 0.1) is 41.8 Å². The molecule has 2 saturated heterocycles. The smallest absolute Gasteiger partial charge is 0.310 e. The summed E-state index contributed by atoms with van der Waals surface area (Å²) < 4.78 is 7.19. The SMILES string of the molecule is O=C(O)[C@@H]1[C@@H](C(=O)NCCn2cc(Cl)cn2)[C@H]2CC[C@@H]1O2. The standard InChI is InChI=1S/C13H16ClN3O4/c14-7-5-16-17(6-7)4-3-15-12(18)10-8-1-2-9(21-8)11(10)13(19)20/h5-6,8-11H,1-4H2,(H,15,18)(H,19,20)/t8-,9+,10+,11+/m1/s1. The monoisotopic (exact) mass is 313 g/mol. The number of hydrogen-bond acceptors (Lipinski definition) is 4. The molecule has 2 bridgehead atoms. The second-order valence-corrected chi connectivity index (χ2v) is 5.83. The summed E-state index contributed by atoms with van der Waals surface area (Å²) in [5.74, 6) is -2.54. The van der Waals surface area contributed by atoms with Crippen LogP contribution < -0.4 is 5.32 Å². The number of amides is 1. The highest BCUT2D eigenvalue weighted by molar-refractivity contribution is 6.30. The molecule has 2 fully saturated rings. The maximum Gasteiger partial charge on any atom is 0.310 e. The highest BCUT2D eigenvalue weighted by Crippen LogP contribution is 2.43. The van der Waals surface area contributed by atoms with E-state index in [4.69, 9.17) is 16.3 Å². The van der Waals surface area contributed by atoms with Gasteiger partial charge in [0.1, 0.15) is 0 Å². The Morgan fingerprint density at radius 3 is 2.76 bits per heavy atom. The van der Waals surface area contributed by atoms with Gasteiger partial charge in [-0.15, -0.1) is 0 Å². The molecule has 0 aromatic carbocycles. The van der Waals surface area contributed by atoms with Crippen molar-refractivity contribution in [2.75, 3.05) is 6.54 Å². The molecule has 3 heterocycles. The number of nitrogens with zero attached hydrogens (tertiary/aromatic N) is 2. The summed E-state index contributed by atoms with van der Waals surface area (Å²) in [6.45, 7) is 0.856. The number of carboxylic acids is 1. The highest BCUT2D eigenvalue weighted by atomic mass is 35.5. The van der Waals surface area contributed by atoms with Crippen molar-refractivity contribution in [1.82, 2.24) is 15.1 Å². The molecule has 1 aromatic heterocycles. The van der Waals surface area contributed by atoms with Crippen LogP contribution in [0.3, 0.4) is 0 Å². The van der Waals surface area contributed by atoms with Crippen LogP contribution in [0.5, 0.6) is 0 Å². The molecular formula is C13H16ClN3O4. The highest BCUT2D eigenvalue weighted by Gasteiger charge is 2.55. The van der Waals surface area contributed by atoms with E-state index in [1.807, 2.05) is 0 Å². The third-order valence-electron chi connectivity index (χ3n) is 4.10. The predicted octanol–water partition coefficient (Wildman–Crippen LogP) is 0.531. The van der Waals surface area contributed by atoms with Gasteiger partial charge in [0.25, 0.3) is 0 Å². The van der Waals surface area contributed by atoms with Gasteiger partial charge in [-0.3, -0.25) is 14.3 Å². The minimum absolute atomic E-state index is 0.257. The van der Waals surface area contributed by atoms with Crippen molar-refractivity contribution in [1.29, 1.82) is 0 Å². The average molecular weight is 314 g/mol. The van der Waals surface area contributed by atoms with E-state index in [0.717, 1.165) is 12.8 Å². The van der Waals surface area contributed by atoms with Gasteiger partial charge in [-0.1, -0.05) is 11.6 Å². The summed E-state index contributed by atoms with van der Waals surface area (Å²) in [6.07, 6.45) is 4.06. The fraction of sp³-hybridized carbons (Fsp3) is 0.615. The van der Waals surface area contributed by atoms with Crippen molar-refractivity contribution < 1.29 is 19.4 Å². The van der Waals surface area contributed by atoms with E-state index in [1.54, 1.807) is 10.9 Å². The summed E-state index contributed by atoms with van der Waals surface area (Å²) in [4.78, 5) is 23.6. The van der Waals surface area contributed by atoms with Gasteiger partial charge in [0.15, 0.2) is 0 Å². The molecule has 0 aliphatic carbocycles. The normalized spacial score (nSPS) is 30.5. The number of hydrogen-bond donors (Lipinski definition) is 2. The number of halogens is 1. The second-order valence-electron chi connectivity index (χ2n) is 5.39. The second kappa shape index (κ2) is 5.65. The lowest BCUT2D eigenvalue weighted by atomic mass is 9.79. The molecule has 0 radical (unpaired) electrons. The van der Waals surface area contributed by atoms with Gasteiger partial charge < -0.3 is 15.2 Å². The first kappa shape index (κ1) is 14.3. The number of fused-ring (bicyclic) bond motifs is 2. The summed E-state index contributed by atoms with van der Waals surface area (Å²) >= 11 is 5.75. The maximum atomic E-state index is 12.2. The van der Waals surface area contributed by atoms with Crippen LogP contribution in [-0.2, 0) is 20.9 Å².